The van der Waals surface area contributed by atoms with Crippen molar-refractivity contribution in [2.24, 2.45) is 0 Å². The van der Waals surface area contributed by atoms with Crippen molar-refractivity contribution in [3.05, 3.63) is 77.9 Å². The maximum Gasteiger partial charge on any atom is 0.187 e. The molecule has 108 valence electrons. The van der Waals surface area contributed by atoms with Gasteiger partial charge in [-0.05, 0) is 11.8 Å². The van der Waals surface area contributed by atoms with Crippen molar-refractivity contribution in [2.45, 2.75) is 0 Å². The first-order chi connectivity index (χ1) is 10.3. The van der Waals surface area contributed by atoms with Crippen LogP contribution in [0.4, 0.5) is 0 Å². The van der Waals surface area contributed by atoms with Crippen LogP contribution in [0.1, 0.15) is 15.9 Å². The van der Waals surface area contributed by atoms with Crippen LogP contribution in [-0.4, -0.2) is 24.3 Å². The highest BCUT2D eigenvalue weighted by Crippen LogP contribution is 2.13. The zero-order chi connectivity index (χ0) is 14.9. The molecule has 3 heteroatoms. The average Bonchev–Trinajstić information content (AvgIpc) is 2.55. The molecule has 0 aromatic heterocycles. The normalized spacial score (nSPS) is 11.2. The maximum atomic E-state index is 12.3. The highest BCUT2D eigenvalue weighted by atomic mass is 32.2. The number of carbonyl (C=O) groups excluding carboxylic acids is 1. The third-order valence-corrected chi connectivity index (χ3v) is 3.65. The van der Waals surface area contributed by atoms with Gasteiger partial charge in [0, 0.05) is 29.6 Å². The van der Waals surface area contributed by atoms with Gasteiger partial charge in [0.1, 0.15) is 0 Å². The Labute approximate surface area is 130 Å². The molecule has 0 aliphatic heterocycles. The molecule has 0 fully saturated rings. The highest BCUT2D eigenvalue weighted by molar-refractivity contribution is 7.98. The van der Waals surface area contributed by atoms with Crippen molar-refractivity contribution in [3.63, 3.8) is 0 Å². The van der Waals surface area contributed by atoms with E-state index in [1.807, 2.05) is 60.7 Å². The second-order valence-electron chi connectivity index (χ2n) is 4.57. The zero-order valence-corrected chi connectivity index (χ0v) is 12.9. The molecule has 2 nitrogen and oxygen atoms in total. The summed E-state index contributed by atoms with van der Waals surface area (Å²) in [5.41, 5.74) is 2.61. The minimum absolute atomic E-state index is 0.0195. The van der Waals surface area contributed by atoms with E-state index in [0.717, 1.165) is 23.6 Å². The standard InChI is InChI=1S/C18H19NOS/c1-21-13-12-19-17(15-8-4-2-5-9-15)14-18(20)16-10-6-3-7-11-16/h2-11,14,19H,12-13H2,1H3/b17-14-. The van der Waals surface area contributed by atoms with Gasteiger partial charge >= 0.3 is 0 Å². The molecule has 0 spiro atoms. The van der Waals surface area contributed by atoms with Crippen LogP contribution in [0, 0.1) is 0 Å². The molecule has 2 aromatic carbocycles. The summed E-state index contributed by atoms with van der Waals surface area (Å²) < 4.78 is 0. The first-order valence-corrected chi connectivity index (χ1v) is 8.30. The van der Waals surface area contributed by atoms with Crippen molar-refractivity contribution in [1.82, 2.24) is 5.32 Å². The maximum absolute atomic E-state index is 12.3. The molecular weight excluding hydrogens is 278 g/mol. The van der Waals surface area contributed by atoms with Gasteiger partial charge in [0.25, 0.3) is 0 Å². The monoisotopic (exact) mass is 297 g/mol. The fraction of sp³-hybridized carbons (Fsp3) is 0.167. The van der Waals surface area contributed by atoms with E-state index in [0.29, 0.717) is 5.56 Å². The Balaban J connectivity index is 2.22. The zero-order valence-electron chi connectivity index (χ0n) is 12.1. The first-order valence-electron chi connectivity index (χ1n) is 6.90. The van der Waals surface area contributed by atoms with E-state index in [2.05, 4.69) is 11.6 Å². The van der Waals surface area contributed by atoms with Gasteiger partial charge in [0.15, 0.2) is 5.78 Å². The number of ketones is 1. The minimum atomic E-state index is 0.0195. The summed E-state index contributed by atoms with van der Waals surface area (Å²) in [6.07, 6.45) is 3.76. The van der Waals surface area contributed by atoms with Crippen LogP contribution in [0.15, 0.2) is 66.7 Å². The van der Waals surface area contributed by atoms with Crippen LogP contribution in [0.25, 0.3) is 5.70 Å². The molecule has 21 heavy (non-hydrogen) atoms. The number of thioether (sulfide) groups is 1. The Morgan fingerprint density at radius 3 is 2.14 bits per heavy atom. The van der Waals surface area contributed by atoms with Gasteiger partial charge < -0.3 is 5.32 Å². The first kappa shape index (κ1) is 15.4. The van der Waals surface area contributed by atoms with Crippen molar-refractivity contribution >= 4 is 23.2 Å². The Kier molecular flexibility index (Phi) is 6.10. The molecule has 0 radical (unpaired) electrons. The van der Waals surface area contributed by atoms with Crippen LogP contribution in [0.2, 0.25) is 0 Å². The van der Waals surface area contributed by atoms with Gasteiger partial charge in [0.05, 0.1) is 0 Å². The third kappa shape index (κ3) is 4.80. The number of rotatable bonds is 7. The number of allylic oxidation sites excluding steroid dienone is 1. The fourth-order valence-electron chi connectivity index (χ4n) is 1.96. The SMILES string of the molecule is CSCCN/C(=C\C(=O)c1ccccc1)c1ccccc1. The molecule has 0 unspecified atom stereocenters. The smallest absolute Gasteiger partial charge is 0.187 e. The summed E-state index contributed by atoms with van der Waals surface area (Å²) in [4.78, 5) is 12.3. The Morgan fingerprint density at radius 2 is 1.57 bits per heavy atom. The molecule has 0 heterocycles. The van der Waals surface area contributed by atoms with E-state index in [1.54, 1.807) is 17.8 Å². The second-order valence-corrected chi connectivity index (χ2v) is 5.56. The van der Waals surface area contributed by atoms with E-state index in [9.17, 15) is 4.79 Å². The Morgan fingerprint density at radius 1 is 1.00 bits per heavy atom. The summed E-state index contributed by atoms with van der Waals surface area (Å²) in [6, 6.07) is 19.3. The average molecular weight is 297 g/mol. The molecule has 0 atom stereocenters. The van der Waals surface area contributed by atoms with E-state index >= 15 is 0 Å². The van der Waals surface area contributed by atoms with Crippen LogP contribution in [0.5, 0.6) is 0 Å². The van der Waals surface area contributed by atoms with Gasteiger partial charge in [-0.15, -0.1) is 0 Å². The lowest BCUT2D eigenvalue weighted by Crippen LogP contribution is -2.16. The molecule has 0 saturated heterocycles. The van der Waals surface area contributed by atoms with Crippen molar-refractivity contribution < 1.29 is 4.79 Å². The summed E-state index contributed by atoms with van der Waals surface area (Å²) in [5, 5.41) is 3.36. The lowest BCUT2D eigenvalue weighted by Gasteiger charge is -2.11. The molecule has 2 rings (SSSR count). The molecule has 0 aliphatic rings. The lowest BCUT2D eigenvalue weighted by atomic mass is 10.1. The molecular formula is C18H19NOS. The minimum Gasteiger partial charge on any atom is -0.384 e. The van der Waals surface area contributed by atoms with E-state index < -0.39 is 0 Å². The van der Waals surface area contributed by atoms with E-state index in [1.165, 1.54) is 0 Å². The van der Waals surface area contributed by atoms with Crippen molar-refractivity contribution in [3.8, 4) is 0 Å². The van der Waals surface area contributed by atoms with Gasteiger partial charge in [0.2, 0.25) is 0 Å². The van der Waals surface area contributed by atoms with Crippen LogP contribution in [-0.2, 0) is 0 Å². The highest BCUT2D eigenvalue weighted by Gasteiger charge is 2.06. The summed E-state index contributed by atoms with van der Waals surface area (Å²) in [5.74, 6) is 1.02. The van der Waals surface area contributed by atoms with Crippen LogP contribution in [0.3, 0.4) is 0 Å². The van der Waals surface area contributed by atoms with Crippen molar-refractivity contribution in [1.29, 1.82) is 0 Å². The largest absolute Gasteiger partial charge is 0.384 e. The molecule has 0 saturated carbocycles. The molecule has 1 N–H and O–H groups in total. The summed E-state index contributed by atoms with van der Waals surface area (Å²) >= 11 is 1.78. The van der Waals surface area contributed by atoms with Gasteiger partial charge in [-0.25, -0.2) is 0 Å². The third-order valence-electron chi connectivity index (χ3n) is 3.04. The number of benzene rings is 2. The van der Waals surface area contributed by atoms with Crippen molar-refractivity contribution in [2.75, 3.05) is 18.6 Å². The predicted octanol–water partition coefficient (Wildman–Crippen LogP) is 3.86. The quantitative estimate of drug-likeness (QED) is 0.478. The topological polar surface area (TPSA) is 29.1 Å². The fourth-order valence-corrected chi connectivity index (χ4v) is 2.26. The number of hydrogen-bond acceptors (Lipinski definition) is 3. The Hall–Kier alpha value is -2.00. The predicted molar refractivity (Wildman–Crippen MR) is 91.6 cm³/mol. The van der Waals surface area contributed by atoms with E-state index in [4.69, 9.17) is 0 Å². The summed E-state index contributed by atoms with van der Waals surface area (Å²) in [7, 11) is 0. The number of carbonyl (C=O) groups is 1. The lowest BCUT2D eigenvalue weighted by molar-refractivity contribution is 0.104. The van der Waals surface area contributed by atoms with Crippen LogP contribution >= 0.6 is 11.8 Å². The van der Waals surface area contributed by atoms with E-state index in [-0.39, 0.29) is 5.78 Å². The van der Waals surface area contributed by atoms with Gasteiger partial charge in [-0.3, -0.25) is 4.79 Å². The molecule has 2 aromatic rings. The summed E-state index contributed by atoms with van der Waals surface area (Å²) in [6.45, 7) is 0.837. The van der Waals surface area contributed by atoms with Gasteiger partial charge in [-0.1, -0.05) is 60.7 Å². The second kappa shape index (κ2) is 8.32. The number of hydrogen-bond donors (Lipinski definition) is 1. The van der Waals surface area contributed by atoms with Gasteiger partial charge in [-0.2, -0.15) is 11.8 Å². The Bertz CT molecular complexity index is 593. The van der Waals surface area contributed by atoms with Crippen LogP contribution < -0.4 is 5.32 Å². The molecule has 0 bridgehead atoms. The molecule has 0 aliphatic carbocycles. The number of nitrogens with one attached hydrogen (secondary N) is 1. The molecule has 0 amide bonds.